The number of ether oxygens (including phenoxy) is 5. The summed E-state index contributed by atoms with van der Waals surface area (Å²) in [5, 5.41) is 18.8. The molecule has 0 bridgehead atoms. The average Bonchev–Trinajstić information content (AvgIpc) is 3.48. The average molecular weight is 783 g/mol. The van der Waals surface area contributed by atoms with Crippen LogP contribution in [-0.4, -0.2) is 120 Å². The molecule has 3 saturated heterocycles. The number of cyclic esters (lactones) is 1. The number of nitrogens with one attached hydrogen (secondary N) is 2. The smallest absolute Gasteiger partial charge is 0.408 e. The Bertz CT molecular complexity index is 1730. The lowest BCUT2D eigenvalue weighted by molar-refractivity contribution is -0.297. The first-order chi connectivity index (χ1) is 26.4. The van der Waals surface area contributed by atoms with Crippen molar-refractivity contribution in [3.8, 4) is 0 Å². The number of carbonyl (C=O) groups excluding carboxylic acids is 4. The van der Waals surface area contributed by atoms with E-state index in [-0.39, 0.29) is 37.4 Å². The van der Waals surface area contributed by atoms with Crippen LogP contribution >= 0.6 is 0 Å². The molecule has 310 valence electrons. The zero-order valence-corrected chi connectivity index (χ0v) is 34.6. The van der Waals surface area contributed by atoms with E-state index in [0.717, 1.165) is 16.5 Å². The number of para-hydroxylation sites is 1. The van der Waals surface area contributed by atoms with Gasteiger partial charge >= 0.3 is 12.1 Å². The fourth-order valence-corrected chi connectivity index (χ4v) is 8.93. The normalized spacial score (nSPS) is 37.5. The molecule has 3 N–H and O–H groups in total. The number of hydrogen-bond donors (Lipinski definition) is 3. The molecule has 3 fully saturated rings. The van der Waals surface area contributed by atoms with E-state index in [9.17, 15) is 24.3 Å². The van der Waals surface area contributed by atoms with Gasteiger partial charge in [0.05, 0.1) is 36.0 Å². The number of carbonyl (C=O) groups is 4. The summed E-state index contributed by atoms with van der Waals surface area (Å²) < 4.78 is 31.4. The highest BCUT2D eigenvalue weighted by Gasteiger charge is 2.57. The molecule has 1 aromatic carbocycles. The molecule has 0 aliphatic carbocycles. The van der Waals surface area contributed by atoms with Gasteiger partial charge < -0.3 is 44.3 Å². The van der Waals surface area contributed by atoms with Crippen LogP contribution in [0.5, 0.6) is 0 Å². The van der Waals surface area contributed by atoms with Crippen LogP contribution in [0.3, 0.4) is 0 Å². The summed E-state index contributed by atoms with van der Waals surface area (Å²) in [6.07, 6.45) is -2.47. The number of aliphatic hydroxyl groups excluding tert-OH is 1. The highest BCUT2D eigenvalue weighted by molar-refractivity contribution is 6.00. The van der Waals surface area contributed by atoms with Gasteiger partial charge in [0.15, 0.2) is 17.7 Å². The van der Waals surface area contributed by atoms with E-state index in [0.29, 0.717) is 19.5 Å². The molecule has 14 nitrogen and oxygen atoms in total. The lowest BCUT2D eigenvalue weighted by Gasteiger charge is -2.47. The summed E-state index contributed by atoms with van der Waals surface area (Å²) in [5.74, 6) is -5.06. The van der Waals surface area contributed by atoms with Crippen molar-refractivity contribution in [2.45, 2.75) is 135 Å². The SMILES string of the molecule is CC[C@H]1OC(=O)[C@H](C)C(=O)[C@H](C)[C@@H](O[C@@H]2O[C@H](C)C[C@H](N(C)C)[C@H]2O)[C@](C)(OCCNCc2cnc3ccccc3c2)C[C@@H](C)C(=O)[C@H](C)[C@H]2NC(=O)O[C@@]21C. The predicted octanol–water partition coefficient (Wildman–Crippen LogP) is 4.19. The molecule has 2 aromatic rings. The van der Waals surface area contributed by atoms with Crippen LogP contribution in [0.25, 0.3) is 10.9 Å². The van der Waals surface area contributed by atoms with E-state index in [1.165, 1.54) is 6.92 Å². The second-order valence-corrected chi connectivity index (χ2v) is 16.7. The number of benzene rings is 1. The van der Waals surface area contributed by atoms with E-state index in [1.54, 1.807) is 41.5 Å². The van der Waals surface area contributed by atoms with Gasteiger partial charge in [0.1, 0.15) is 23.9 Å². The van der Waals surface area contributed by atoms with Crippen molar-refractivity contribution in [2.24, 2.45) is 23.7 Å². The molecular weight excluding hydrogens is 720 g/mol. The Morgan fingerprint density at radius 3 is 2.45 bits per heavy atom. The zero-order valence-electron chi connectivity index (χ0n) is 34.6. The van der Waals surface area contributed by atoms with E-state index < -0.39 is 83.4 Å². The van der Waals surface area contributed by atoms with Crippen LogP contribution < -0.4 is 10.6 Å². The number of alkyl carbamates (subject to hydrolysis) is 1. The lowest BCUT2D eigenvalue weighted by atomic mass is 9.73. The number of Topliss-reactive ketones (excluding diaryl/α,β-unsaturated/α-hetero) is 2. The minimum Gasteiger partial charge on any atom is -0.458 e. The fraction of sp³-hybridized carbons (Fsp3) is 0.690. The Balaban J connectivity index is 1.49. The maximum Gasteiger partial charge on any atom is 0.408 e. The van der Waals surface area contributed by atoms with Gasteiger partial charge in [-0.2, -0.15) is 0 Å². The number of amides is 1. The molecule has 1 aromatic heterocycles. The van der Waals surface area contributed by atoms with Gasteiger partial charge in [-0.25, -0.2) is 4.79 Å². The third-order valence-electron chi connectivity index (χ3n) is 12.1. The minimum absolute atomic E-state index is 0.108. The third kappa shape index (κ3) is 9.26. The Morgan fingerprint density at radius 1 is 1.04 bits per heavy atom. The van der Waals surface area contributed by atoms with Crippen molar-refractivity contribution in [3.05, 3.63) is 42.1 Å². The van der Waals surface area contributed by atoms with Crippen LogP contribution in [0.2, 0.25) is 0 Å². The van der Waals surface area contributed by atoms with Crippen molar-refractivity contribution in [1.29, 1.82) is 0 Å². The topological polar surface area (TPSA) is 175 Å². The summed E-state index contributed by atoms with van der Waals surface area (Å²) >= 11 is 0. The van der Waals surface area contributed by atoms with E-state index in [4.69, 9.17) is 23.7 Å². The van der Waals surface area contributed by atoms with Crippen LogP contribution in [0.4, 0.5) is 4.79 Å². The van der Waals surface area contributed by atoms with Gasteiger partial charge in [0.25, 0.3) is 0 Å². The number of pyridine rings is 1. The summed E-state index contributed by atoms with van der Waals surface area (Å²) in [6.45, 7) is 14.9. The highest BCUT2D eigenvalue weighted by atomic mass is 16.7. The number of aliphatic hydroxyl groups is 1. The molecule has 0 saturated carbocycles. The van der Waals surface area contributed by atoms with Gasteiger partial charge in [0.2, 0.25) is 0 Å². The summed E-state index contributed by atoms with van der Waals surface area (Å²) in [5.41, 5.74) is -0.796. The predicted molar refractivity (Wildman–Crippen MR) is 208 cm³/mol. The van der Waals surface area contributed by atoms with Gasteiger partial charge in [-0.15, -0.1) is 0 Å². The minimum atomic E-state index is -1.37. The summed E-state index contributed by atoms with van der Waals surface area (Å²) in [7, 11) is 3.75. The molecule has 1 amide bonds. The lowest BCUT2D eigenvalue weighted by Crippen LogP contribution is -2.60. The molecule has 14 heteroatoms. The number of likely N-dealkylation sites (N-methyl/N-ethyl adjacent to an activating group) is 1. The van der Waals surface area contributed by atoms with Crippen LogP contribution in [0.15, 0.2) is 36.5 Å². The van der Waals surface area contributed by atoms with Crippen molar-refractivity contribution in [3.63, 3.8) is 0 Å². The monoisotopic (exact) mass is 782 g/mol. The van der Waals surface area contributed by atoms with Crippen LogP contribution in [0.1, 0.15) is 80.2 Å². The quantitative estimate of drug-likeness (QED) is 0.178. The van der Waals surface area contributed by atoms with E-state index in [1.807, 2.05) is 56.4 Å². The molecule has 13 atom stereocenters. The Morgan fingerprint density at radius 2 is 1.75 bits per heavy atom. The number of hydrogen-bond acceptors (Lipinski definition) is 13. The molecule has 5 rings (SSSR count). The molecule has 0 spiro atoms. The molecule has 0 unspecified atom stereocenters. The molecule has 4 heterocycles. The summed E-state index contributed by atoms with van der Waals surface area (Å²) in [4.78, 5) is 61.9. The van der Waals surface area contributed by atoms with Crippen molar-refractivity contribution in [2.75, 3.05) is 27.2 Å². The number of ketones is 2. The summed E-state index contributed by atoms with van der Waals surface area (Å²) in [6, 6.07) is 8.86. The number of nitrogens with zero attached hydrogens (tertiary/aromatic N) is 2. The second kappa shape index (κ2) is 17.9. The van der Waals surface area contributed by atoms with Crippen LogP contribution in [-0.2, 0) is 44.6 Å². The van der Waals surface area contributed by atoms with Crippen molar-refractivity contribution in [1.82, 2.24) is 20.5 Å². The first kappa shape index (κ1) is 43.6. The van der Waals surface area contributed by atoms with Gasteiger partial charge in [0, 0.05) is 48.5 Å². The molecule has 56 heavy (non-hydrogen) atoms. The highest BCUT2D eigenvalue weighted by Crippen LogP contribution is 2.40. The molecule has 0 radical (unpaired) electrons. The number of rotatable bonds is 10. The molecular formula is C42H62N4O10. The first-order valence-corrected chi connectivity index (χ1v) is 20.0. The van der Waals surface area contributed by atoms with E-state index >= 15 is 0 Å². The van der Waals surface area contributed by atoms with Gasteiger partial charge in [-0.05, 0) is 78.7 Å². The second-order valence-electron chi connectivity index (χ2n) is 16.7. The van der Waals surface area contributed by atoms with Gasteiger partial charge in [-0.3, -0.25) is 19.4 Å². The van der Waals surface area contributed by atoms with Crippen molar-refractivity contribution >= 4 is 34.5 Å². The third-order valence-corrected chi connectivity index (χ3v) is 12.1. The molecule has 3 aliphatic rings. The first-order valence-electron chi connectivity index (χ1n) is 20.0. The van der Waals surface area contributed by atoms with Crippen LogP contribution in [0, 0.1) is 23.7 Å². The number of fused-ring (bicyclic) bond motifs is 2. The molecule has 3 aliphatic heterocycles. The Kier molecular flexibility index (Phi) is 14.0. The number of esters is 1. The maximum atomic E-state index is 14.4. The maximum absolute atomic E-state index is 14.4. The Labute approximate surface area is 330 Å². The Hall–Kier alpha value is -3.53. The fourth-order valence-electron chi connectivity index (χ4n) is 8.93. The van der Waals surface area contributed by atoms with E-state index in [2.05, 4.69) is 21.7 Å². The standard InChI is InChI=1S/C42H62N4O10/c1-11-32-42(8)36(45-40(51)56-42)25(4)33(47)23(2)20-41(7,52-17-16-43-21-28-19-29-14-12-13-15-30(29)44-22-28)37(26(5)34(48)27(6)38(50)54-32)55-39-35(49)31(46(9)10)18-24(3)53-39/h12-15,19,22-27,31-32,35-37,39,43,49H,11,16-18,20-21H2,1-10H3,(H,45,51)/t23-,24-,25+,26+,27-,31+,32-,35-,36-,37-,39+,41-,42-/m1/s1. The number of aromatic nitrogens is 1. The largest absolute Gasteiger partial charge is 0.458 e. The van der Waals surface area contributed by atoms with Crippen molar-refractivity contribution < 1.29 is 48.0 Å². The van der Waals surface area contributed by atoms with Gasteiger partial charge in [-0.1, -0.05) is 45.9 Å². The zero-order chi connectivity index (χ0) is 41.1.